The summed E-state index contributed by atoms with van der Waals surface area (Å²) in [5.41, 5.74) is 2.83. The van der Waals surface area contributed by atoms with Gasteiger partial charge in [-0.3, -0.25) is 0 Å². The molecule has 1 atom stereocenters. The van der Waals surface area contributed by atoms with Crippen LogP contribution in [-0.2, 0) is 0 Å². The second kappa shape index (κ2) is 7.43. The van der Waals surface area contributed by atoms with Crippen LogP contribution in [0.4, 0.5) is 21.8 Å². The van der Waals surface area contributed by atoms with Crippen LogP contribution in [0.3, 0.4) is 0 Å². The van der Waals surface area contributed by atoms with Gasteiger partial charge in [0, 0.05) is 36.1 Å². The molecule has 0 spiro atoms. The quantitative estimate of drug-likeness (QED) is 0.529. The molecule has 2 aromatic carbocycles. The predicted octanol–water partition coefficient (Wildman–Crippen LogP) is 5.06. The first-order chi connectivity index (χ1) is 14.1. The monoisotopic (exact) mass is 411 g/mol. The highest BCUT2D eigenvalue weighted by Crippen LogP contribution is 2.36. The number of anilines is 3. The van der Waals surface area contributed by atoms with Gasteiger partial charge < -0.3 is 16.0 Å². The highest BCUT2D eigenvalue weighted by atomic mass is 35.5. The molecule has 0 bridgehead atoms. The Labute approximate surface area is 174 Å². The van der Waals surface area contributed by atoms with Crippen LogP contribution >= 0.6 is 11.6 Å². The third-order valence-corrected chi connectivity index (χ3v) is 6.14. The number of aromatic nitrogens is 2. The largest absolute Gasteiger partial charge is 0.367 e. The Morgan fingerprint density at radius 2 is 2.00 bits per heavy atom. The average molecular weight is 412 g/mol. The van der Waals surface area contributed by atoms with E-state index in [1.54, 1.807) is 12.1 Å². The molecule has 2 fully saturated rings. The lowest BCUT2D eigenvalue weighted by Crippen LogP contribution is -2.40. The number of benzene rings is 2. The number of hydrogen-bond acceptors (Lipinski definition) is 5. The summed E-state index contributed by atoms with van der Waals surface area (Å²) < 4.78 is 13.5. The molecule has 0 unspecified atom stereocenters. The lowest BCUT2D eigenvalue weighted by Gasteiger charge is -2.28. The molecule has 0 amide bonds. The van der Waals surface area contributed by atoms with Crippen molar-refractivity contribution in [3.05, 3.63) is 52.8 Å². The van der Waals surface area contributed by atoms with E-state index in [0.717, 1.165) is 29.8 Å². The third-order valence-electron chi connectivity index (χ3n) is 5.85. The van der Waals surface area contributed by atoms with Crippen LogP contribution in [0.5, 0.6) is 0 Å². The maximum Gasteiger partial charge on any atom is 0.229 e. The van der Waals surface area contributed by atoms with Crippen molar-refractivity contribution in [2.24, 2.45) is 5.92 Å². The molecule has 1 saturated heterocycles. The Bertz CT molecular complexity index is 1060. The van der Waals surface area contributed by atoms with Gasteiger partial charge in [0.15, 0.2) is 0 Å². The molecule has 7 heteroatoms. The molecule has 5 nitrogen and oxygen atoms in total. The maximum atomic E-state index is 13.5. The van der Waals surface area contributed by atoms with Crippen molar-refractivity contribution in [2.75, 3.05) is 23.7 Å². The van der Waals surface area contributed by atoms with Gasteiger partial charge in [0.1, 0.15) is 11.6 Å². The molecule has 1 aliphatic carbocycles. The number of halogens is 2. The summed E-state index contributed by atoms with van der Waals surface area (Å²) in [5.74, 6) is 2.02. The molecule has 29 heavy (non-hydrogen) atoms. The zero-order chi connectivity index (χ0) is 20.0. The summed E-state index contributed by atoms with van der Waals surface area (Å²) in [5, 5.41) is 11.2. The maximum absolute atomic E-state index is 13.5. The van der Waals surface area contributed by atoms with Crippen molar-refractivity contribution in [3.63, 3.8) is 0 Å². The number of fused-ring (bicyclic) bond motifs is 1. The van der Waals surface area contributed by atoms with Crippen molar-refractivity contribution >= 4 is 40.0 Å². The van der Waals surface area contributed by atoms with Gasteiger partial charge in [-0.05, 0) is 55.5 Å². The molecule has 2 heterocycles. The normalized spacial score (nSPS) is 17.8. The lowest BCUT2D eigenvalue weighted by molar-refractivity contribution is 0.450. The molecular weight excluding hydrogens is 389 g/mol. The van der Waals surface area contributed by atoms with Crippen molar-refractivity contribution in [3.8, 4) is 0 Å². The summed E-state index contributed by atoms with van der Waals surface area (Å²) in [4.78, 5) is 9.58. The predicted molar refractivity (Wildman–Crippen MR) is 116 cm³/mol. The van der Waals surface area contributed by atoms with Crippen LogP contribution in [0, 0.1) is 11.7 Å². The Morgan fingerprint density at radius 3 is 2.69 bits per heavy atom. The van der Waals surface area contributed by atoms with E-state index in [0.29, 0.717) is 29.5 Å². The van der Waals surface area contributed by atoms with Gasteiger partial charge in [-0.15, -0.1) is 0 Å². The number of nitrogens with zero attached hydrogens (tertiary/aromatic N) is 2. The molecule has 1 aliphatic heterocycles. The van der Waals surface area contributed by atoms with Gasteiger partial charge in [-0.1, -0.05) is 23.7 Å². The van der Waals surface area contributed by atoms with Gasteiger partial charge in [0.05, 0.1) is 10.5 Å². The summed E-state index contributed by atoms with van der Waals surface area (Å²) in [7, 11) is 0. The Balaban J connectivity index is 1.57. The van der Waals surface area contributed by atoms with E-state index in [1.807, 2.05) is 0 Å². The molecular formula is C22H23ClFN5. The molecule has 3 aromatic rings. The van der Waals surface area contributed by atoms with Crippen LogP contribution < -0.4 is 16.0 Å². The minimum atomic E-state index is -0.447. The third kappa shape index (κ3) is 3.74. The van der Waals surface area contributed by atoms with E-state index in [1.165, 1.54) is 24.5 Å². The first kappa shape index (κ1) is 18.6. The van der Waals surface area contributed by atoms with E-state index in [9.17, 15) is 4.39 Å². The van der Waals surface area contributed by atoms with E-state index in [-0.39, 0.29) is 5.02 Å². The van der Waals surface area contributed by atoms with Gasteiger partial charge >= 0.3 is 0 Å². The number of nitrogens with one attached hydrogen (secondary N) is 3. The second-order valence-electron chi connectivity index (χ2n) is 8.02. The molecule has 1 aromatic heterocycles. The minimum Gasteiger partial charge on any atom is -0.367 e. The minimum absolute atomic E-state index is 0.0673. The summed E-state index contributed by atoms with van der Waals surface area (Å²) in [6, 6.07) is 11.2. The van der Waals surface area contributed by atoms with E-state index < -0.39 is 5.82 Å². The highest BCUT2D eigenvalue weighted by Gasteiger charge is 2.29. The van der Waals surface area contributed by atoms with Crippen molar-refractivity contribution in [1.29, 1.82) is 0 Å². The van der Waals surface area contributed by atoms with Crippen LogP contribution in [0.15, 0.2) is 36.4 Å². The lowest BCUT2D eigenvalue weighted by atomic mass is 9.92. The number of rotatable bonds is 6. The molecule has 5 rings (SSSR count). The van der Waals surface area contributed by atoms with Crippen LogP contribution in [0.25, 0.3) is 10.9 Å². The fraction of sp³-hybridized carbons (Fsp3) is 0.364. The molecule has 1 saturated carbocycles. The molecule has 150 valence electrons. The van der Waals surface area contributed by atoms with Crippen molar-refractivity contribution < 1.29 is 4.39 Å². The van der Waals surface area contributed by atoms with Crippen molar-refractivity contribution in [2.45, 2.75) is 31.7 Å². The highest BCUT2D eigenvalue weighted by molar-refractivity contribution is 6.31. The van der Waals surface area contributed by atoms with Crippen LogP contribution in [-0.4, -0.2) is 29.1 Å². The van der Waals surface area contributed by atoms with E-state index in [4.69, 9.17) is 21.6 Å². The fourth-order valence-electron chi connectivity index (χ4n) is 3.81. The van der Waals surface area contributed by atoms with E-state index in [2.05, 4.69) is 41.1 Å². The zero-order valence-electron chi connectivity index (χ0n) is 16.2. The fourth-order valence-corrected chi connectivity index (χ4v) is 3.99. The van der Waals surface area contributed by atoms with Gasteiger partial charge in [-0.25, -0.2) is 9.37 Å². The average Bonchev–Trinajstić information content (AvgIpc) is 3.49. The summed E-state index contributed by atoms with van der Waals surface area (Å²) in [6.07, 6.45) is 2.52. The van der Waals surface area contributed by atoms with Gasteiger partial charge in [-0.2, -0.15) is 4.98 Å². The van der Waals surface area contributed by atoms with Gasteiger partial charge in [0.25, 0.3) is 0 Å². The molecule has 2 aliphatic rings. The first-order valence-corrected chi connectivity index (χ1v) is 10.5. The molecule has 3 N–H and O–H groups in total. The first-order valence-electron chi connectivity index (χ1n) is 10.1. The van der Waals surface area contributed by atoms with E-state index >= 15 is 0 Å². The van der Waals surface area contributed by atoms with Gasteiger partial charge in [0.2, 0.25) is 5.95 Å². The zero-order valence-corrected chi connectivity index (χ0v) is 16.9. The smallest absolute Gasteiger partial charge is 0.229 e. The van der Waals surface area contributed by atoms with Crippen LogP contribution in [0.1, 0.15) is 31.2 Å². The SMILES string of the molecule is C[C@@H](Nc1nc(Nc2ccc(F)c(Cl)c2)nc2c(C3CNC3)cccc12)C1CC1. The van der Waals surface area contributed by atoms with Crippen LogP contribution in [0.2, 0.25) is 5.02 Å². The second-order valence-corrected chi connectivity index (χ2v) is 8.43. The topological polar surface area (TPSA) is 61.9 Å². The molecule has 0 radical (unpaired) electrons. The number of hydrogen-bond donors (Lipinski definition) is 3. The Morgan fingerprint density at radius 1 is 1.17 bits per heavy atom. The van der Waals surface area contributed by atoms with Crippen molar-refractivity contribution in [1.82, 2.24) is 15.3 Å². The Hall–Kier alpha value is -2.44. The summed E-state index contributed by atoms with van der Waals surface area (Å²) >= 11 is 5.94. The number of para-hydroxylation sites is 1. The summed E-state index contributed by atoms with van der Waals surface area (Å²) in [6.45, 7) is 4.12. The Kier molecular flexibility index (Phi) is 4.76. The standard InChI is InChI=1S/C22H23ClFN5/c1-12(13-5-6-13)26-21-17-4-2-3-16(14-10-25-11-14)20(17)28-22(29-21)27-15-7-8-19(24)18(23)9-15/h2-4,7-9,12-14,25H,5-6,10-11H2,1H3,(H2,26,27,28,29)/t12-/m1/s1.